The summed E-state index contributed by atoms with van der Waals surface area (Å²) in [5, 5.41) is 16.4. The third-order valence-electron chi connectivity index (χ3n) is 2.62. The summed E-state index contributed by atoms with van der Waals surface area (Å²) in [6.45, 7) is 1.64. The minimum atomic E-state index is -1.11. The summed E-state index contributed by atoms with van der Waals surface area (Å²) in [4.78, 5) is 7.96. The molecule has 0 bridgehead atoms. The zero-order chi connectivity index (χ0) is 15.0. The summed E-state index contributed by atoms with van der Waals surface area (Å²) >= 11 is 0. The highest BCUT2D eigenvalue weighted by Crippen LogP contribution is 2.27. The van der Waals surface area contributed by atoms with Crippen LogP contribution in [0.25, 0.3) is 11.5 Å². The van der Waals surface area contributed by atoms with Crippen LogP contribution in [0.5, 0.6) is 5.75 Å². The third kappa shape index (κ3) is 2.57. The molecule has 0 aliphatic carbocycles. The molecule has 0 fully saturated rings. The highest BCUT2D eigenvalue weighted by molar-refractivity contribution is 5.55. The zero-order valence-corrected chi connectivity index (χ0v) is 10.7. The number of benzene rings is 1. The lowest BCUT2D eigenvalue weighted by Gasteiger charge is -1.99. The number of hydrogen-bond donors (Lipinski definition) is 1. The lowest BCUT2D eigenvalue weighted by molar-refractivity contribution is 0.387. The summed E-state index contributed by atoms with van der Waals surface area (Å²) in [5.41, 5.74) is 0.0193. The first-order valence-electron chi connectivity index (χ1n) is 5.83. The topological polar surface area (TPSA) is 98.1 Å². The summed E-state index contributed by atoms with van der Waals surface area (Å²) in [6.07, 6.45) is 0.157. The van der Waals surface area contributed by atoms with Crippen LogP contribution < -0.4 is 0 Å². The van der Waals surface area contributed by atoms with Gasteiger partial charge in [-0.2, -0.15) is 9.97 Å². The molecule has 3 rings (SSSR count). The van der Waals surface area contributed by atoms with Crippen LogP contribution in [-0.2, 0) is 6.42 Å². The Bertz CT molecular complexity index is 776. The molecule has 9 heteroatoms. The monoisotopic (exact) mass is 294 g/mol. The van der Waals surface area contributed by atoms with E-state index in [0.29, 0.717) is 11.7 Å². The molecule has 21 heavy (non-hydrogen) atoms. The van der Waals surface area contributed by atoms with Gasteiger partial charge >= 0.3 is 0 Å². The Hall–Kier alpha value is -2.84. The fraction of sp³-hybridized carbons (Fsp3) is 0.167. The Kier molecular flexibility index (Phi) is 3.09. The van der Waals surface area contributed by atoms with Crippen molar-refractivity contribution in [3.8, 4) is 17.2 Å². The summed E-state index contributed by atoms with van der Waals surface area (Å²) in [5.74, 6) is -2.36. The second-order valence-electron chi connectivity index (χ2n) is 4.21. The predicted octanol–water partition coefficient (Wildman–Crippen LogP) is 2.00. The van der Waals surface area contributed by atoms with Crippen molar-refractivity contribution in [1.82, 2.24) is 20.3 Å². The van der Waals surface area contributed by atoms with E-state index in [0.717, 1.165) is 12.1 Å². The Morgan fingerprint density at radius 3 is 2.29 bits per heavy atom. The molecule has 0 amide bonds. The van der Waals surface area contributed by atoms with Gasteiger partial charge < -0.3 is 14.2 Å². The molecular weight excluding hydrogens is 286 g/mol. The largest absolute Gasteiger partial charge is 0.503 e. The maximum Gasteiger partial charge on any atom is 0.258 e. The number of phenols is 1. The fourth-order valence-corrected chi connectivity index (χ4v) is 1.69. The van der Waals surface area contributed by atoms with Crippen molar-refractivity contribution in [1.29, 1.82) is 0 Å². The first-order chi connectivity index (χ1) is 10.0. The molecule has 0 atom stereocenters. The van der Waals surface area contributed by atoms with E-state index < -0.39 is 17.4 Å². The van der Waals surface area contributed by atoms with E-state index in [2.05, 4.69) is 20.3 Å². The number of hydrogen-bond acceptors (Lipinski definition) is 7. The second-order valence-corrected chi connectivity index (χ2v) is 4.21. The molecular formula is C12H8F2N4O3. The Morgan fingerprint density at radius 2 is 1.67 bits per heavy atom. The number of aryl methyl sites for hydroxylation is 1. The van der Waals surface area contributed by atoms with E-state index in [1.807, 2.05) is 0 Å². The van der Waals surface area contributed by atoms with Crippen molar-refractivity contribution in [2.24, 2.45) is 0 Å². The Balaban J connectivity index is 1.88. The van der Waals surface area contributed by atoms with Crippen molar-refractivity contribution >= 4 is 0 Å². The minimum absolute atomic E-state index is 0.0193. The maximum atomic E-state index is 13.3. The number of aromatic nitrogens is 4. The summed E-state index contributed by atoms with van der Waals surface area (Å²) < 4.78 is 36.3. The van der Waals surface area contributed by atoms with E-state index >= 15 is 0 Å². The van der Waals surface area contributed by atoms with Gasteiger partial charge in [0.1, 0.15) is 0 Å². The lowest BCUT2D eigenvalue weighted by Crippen LogP contribution is -1.93. The normalized spacial score (nSPS) is 11.0. The van der Waals surface area contributed by atoms with Crippen molar-refractivity contribution in [3.63, 3.8) is 0 Å². The van der Waals surface area contributed by atoms with Gasteiger partial charge in [0.25, 0.3) is 5.89 Å². The molecule has 2 heterocycles. The molecule has 0 aliphatic rings. The van der Waals surface area contributed by atoms with Gasteiger partial charge in [0.2, 0.25) is 5.89 Å². The van der Waals surface area contributed by atoms with Gasteiger partial charge in [-0.1, -0.05) is 10.3 Å². The maximum absolute atomic E-state index is 13.3. The van der Waals surface area contributed by atoms with Crippen molar-refractivity contribution in [2.45, 2.75) is 13.3 Å². The average Bonchev–Trinajstić information content (AvgIpc) is 3.05. The quantitative estimate of drug-likeness (QED) is 0.788. The fourth-order valence-electron chi connectivity index (χ4n) is 1.69. The molecule has 108 valence electrons. The number of aromatic hydroxyl groups is 1. The summed E-state index contributed by atoms with van der Waals surface area (Å²) in [6, 6.07) is 1.79. The van der Waals surface area contributed by atoms with Crippen LogP contribution in [0.2, 0.25) is 0 Å². The van der Waals surface area contributed by atoms with E-state index in [-0.39, 0.29) is 23.7 Å². The molecule has 0 unspecified atom stereocenters. The van der Waals surface area contributed by atoms with Gasteiger partial charge in [0.05, 0.1) is 6.42 Å². The van der Waals surface area contributed by atoms with Crippen LogP contribution in [0, 0.1) is 18.6 Å². The van der Waals surface area contributed by atoms with Crippen molar-refractivity contribution in [2.75, 3.05) is 0 Å². The first kappa shape index (κ1) is 13.2. The number of halogens is 2. The van der Waals surface area contributed by atoms with E-state index in [1.165, 1.54) is 0 Å². The molecule has 3 aromatic rings. The molecule has 0 saturated heterocycles. The second kappa shape index (κ2) is 4.93. The molecule has 2 aromatic heterocycles. The molecule has 0 spiro atoms. The highest BCUT2D eigenvalue weighted by Gasteiger charge is 2.16. The Morgan fingerprint density at radius 1 is 1.05 bits per heavy atom. The van der Waals surface area contributed by atoms with Crippen molar-refractivity contribution < 1.29 is 22.9 Å². The van der Waals surface area contributed by atoms with Gasteiger partial charge in [-0.15, -0.1) is 0 Å². The van der Waals surface area contributed by atoms with Crippen LogP contribution in [0.3, 0.4) is 0 Å². The van der Waals surface area contributed by atoms with Crippen LogP contribution >= 0.6 is 0 Å². The van der Waals surface area contributed by atoms with Crippen LogP contribution in [0.1, 0.15) is 17.5 Å². The highest BCUT2D eigenvalue weighted by atomic mass is 19.1. The van der Waals surface area contributed by atoms with Gasteiger partial charge in [0, 0.05) is 12.5 Å². The summed E-state index contributed by atoms with van der Waals surface area (Å²) in [7, 11) is 0. The molecule has 7 nitrogen and oxygen atoms in total. The predicted molar refractivity (Wildman–Crippen MR) is 63.2 cm³/mol. The van der Waals surface area contributed by atoms with Gasteiger partial charge in [-0.25, -0.2) is 8.78 Å². The molecule has 0 saturated carbocycles. The average molecular weight is 294 g/mol. The van der Waals surface area contributed by atoms with Crippen LogP contribution in [-0.4, -0.2) is 25.4 Å². The standard InChI is InChI=1S/C12H8F2N4O3/c1-5-15-9(17-20-5)4-10-16-12(21-18-10)6-2-7(13)11(19)8(14)3-6/h2-3,19H,4H2,1H3. The van der Waals surface area contributed by atoms with Crippen LogP contribution in [0.15, 0.2) is 21.2 Å². The molecule has 1 N–H and O–H groups in total. The van der Waals surface area contributed by atoms with E-state index in [9.17, 15) is 8.78 Å². The SMILES string of the molecule is Cc1nc(Cc2noc(-c3cc(F)c(O)c(F)c3)n2)no1. The van der Waals surface area contributed by atoms with E-state index in [4.69, 9.17) is 14.2 Å². The number of nitrogens with zero attached hydrogens (tertiary/aromatic N) is 4. The Labute approximate surface area is 116 Å². The molecule has 0 aliphatic heterocycles. The van der Waals surface area contributed by atoms with Gasteiger partial charge in [0.15, 0.2) is 29.0 Å². The van der Waals surface area contributed by atoms with Crippen LogP contribution in [0.4, 0.5) is 8.78 Å². The van der Waals surface area contributed by atoms with Crippen molar-refractivity contribution in [3.05, 3.63) is 41.3 Å². The first-order valence-corrected chi connectivity index (χ1v) is 5.83. The zero-order valence-electron chi connectivity index (χ0n) is 10.7. The number of phenolic OH excluding ortho intramolecular Hbond substituents is 1. The smallest absolute Gasteiger partial charge is 0.258 e. The molecule has 0 radical (unpaired) electrons. The third-order valence-corrected chi connectivity index (χ3v) is 2.62. The number of rotatable bonds is 3. The van der Waals surface area contributed by atoms with E-state index in [1.54, 1.807) is 6.92 Å². The van der Waals surface area contributed by atoms with Gasteiger partial charge in [-0.05, 0) is 12.1 Å². The lowest BCUT2D eigenvalue weighted by atomic mass is 10.2. The van der Waals surface area contributed by atoms with Gasteiger partial charge in [-0.3, -0.25) is 0 Å². The minimum Gasteiger partial charge on any atom is -0.503 e. The molecule has 1 aromatic carbocycles.